The van der Waals surface area contributed by atoms with Gasteiger partial charge >= 0.3 is 0 Å². The van der Waals surface area contributed by atoms with Gasteiger partial charge in [0, 0.05) is 10.7 Å². The van der Waals surface area contributed by atoms with Gasteiger partial charge in [-0.15, -0.1) is 0 Å². The molecule has 1 N–H and O–H groups in total. The van der Waals surface area contributed by atoms with Crippen LogP contribution in [0.15, 0.2) is 57.7 Å². The molecule has 0 radical (unpaired) electrons. The number of hydrogen-bond acceptors (Lipinski definition) is 5. The molecule has 1 aromatic carbocycles. The standard InChI is InChI=1S/C18H12ClN3O3/c1-10-16-13(17(23)20-12-6-4-11(19)5-7-12)9-14(15-3-2-8-24-15)21-18(16)25-22-10/h2-9H,1H3,(H,20,23). The molecule has 0 unspecified atom stereocenters. The molecule has 0 aliphatic carbocycles. The molecule has 4 aromatic rings. The number of aromatic nitrogens is 2. The van der Waals surface area contributed by atoms with Crippen LogP contribution in [0.3, 0.4) is 0 Å². The lowest BCUT2D eigenvalue weighted by atomic mass is 10.1. The van der Waals surface area contributed by atoms with E-state index in [-0.39, 0.29) is 11.6 Å². The van der Waals surface area contributed by atoms with Gasteiger partial charge in [0.25, 0.3) is 11.6 Å². The minimum atomic E-state index is -0.297. The molecule has 0 aliphatic heterocycles. The van der Waals surface area contributed by atoms with Gasteiger partial charge in [0.15, 0.2) is 5.76 Å². The number of aryl methyl sites for hydroxylation is 1. The number of carbonyl (C=O) groups excluding carboxylic acids is 1. The predicted molar refractivity (Wildman–Crippen MR) is 93.6 cm³/mol. The van der Waals surface area contributed by atoms with Gasteiger partial charge in [-0.05, 0) is 49.4 Å². The van der Waals surface area contributed by atoms with Crippen LogP contribution >= 0.6 is 11.6 Å². The third kappa shape index (κ3) is 2.88. The van der Waals surface area contributed by atoms with Crippen molar-refractivity contribution < 1.29 is 13.7 Å². The average Bonchev–Trinajstić information content (AvgIpc) is 3.26. The number of benzene rings is 1. The van der Waals surface area contributed by atoms with Crippen LogP contribution in [0.25, 0.3) is 22.6 Å². The molecule has 4 rings (SSSR count). The van der Waals surface area contributed by atoms with E-state index in [9.17, 15) is 4.79 Å². The molecule has 25 heavy (non-hydrogen) atoms. The van der Waals surface area contributed by atoms with Crippen LogP contribution < -0.4 is 5.32 Å². The summed E-state index contributed by atoms with van der Waals surface area (Å²) in [5, 5.41) is 7.92. The van der Waals surface area contributed by atoms with Crippen LogP contribution in [0.5, 0.6) is 0 Å². The molecular formula is C18H12ClN3O3. The monoisotopic (exact) mass is 353 g/mol. The van der Waals surface area contributed by atoms with E-state index in [1.807, 2.05) is 0 Å². The van der Waals surface area contributed by atoms with Gasteiger partial charge in [-0.2, -0.15) is 0 Å². The zero-order valence-electron chi connectivity index (χ0n) is 13.1. The lowest BCUT2D eigenvalue weighted by Crippen LogP contribution is -2.13. The molecule has 0 atom stereocenters. The highest BCUT2D eigenvalue weighted by Gasteiger charge is 2.20. The fraction of sp³-hybridized carbons (Fsp3) is 0.0556. The molecular weight excluding hydrogens is 342 g/mol. The Balaban J connectivity index is 1.80. The zero-order chi connectivity index (χ0) is 17.4. The largest absolute Gasteiger partial charge is 0.463 e. The third-order valence-electron chi connectivity index (χ3n) is 3.74. The molecule has 1 amide bonds. The van der Waals surface area contributed by atoms with E-state index in [1.54, 1.807) is 55.7 Å². The molecule has 3 heterocycles. The SMILES string of the molecule is Cc1noc2nc(-c3ccco3)cc(C(=O)Nc3ccc(Cl)cc3)c12. The second-order valence-corrected chi connectivity index (χ2v) is 5.88. The van der Waals surface area contributed by atoms with Gasteiger partial charge < -0.3 is 14.3 Å². The number of rotatable bonds is 3. The maximum Gasteiger partial charge on any atom is 0.259 e. The van der Waals surface area contributed by atoms with Gasteiger partial charge in [0.1, 0.15) is 5.69 Å². The smallest absolute Gasteiger partial charge is 0.259 e. The number of pyridine rings is 1. The number of fused-ring (bicyclic) bond motifs is 1. The van der Waals surface area contributed by atoms with E-state index in [2.05, 4.69) is 15.5 Å². The normalized spacial score (nSPS) is 11.0. The van der Waals surface area contributed by atoms with E-state index in [4.69, 9.17) is 20.5 Å². The minimum absolute atomic E-state index is 0.285. The summed E-state index contributed by atoms with van der Waals surface area (Å²) < 4.78 is 10.6. The summed E-state index contributed by atoms with van der Waals surface area (Å²) in [4.78, 5) is 17.2. The van der Waals surface area contributed by atoms with Crippen LogP contribution in [-0.4, -0.2) is 16.0 Å². The Morgan fingerprint density at radius 3 is 2.72 bits per heavy atom. The van der Waals surface area contributed by atoms with Crippen LogP contribution in [0.2, 0.25) is 5.02 Å². The third-order valence-corrected chi connectivity index (χ3v) is 3.99. The van der Waals surface area contributed by atoms with Crippen molar-refractivity contribution in [3.05, 3.63) is 65.0 Å². The van der Waals surface area contributed by atoms with E-state index >= 15 is 0 Å². The second kappa shape index (κ2) is 6.07. The van der Waals surface area contributed by atoms with Gasteiger partial charge in [0.2, 0.25) is 0 Å². The van der Waals surface area contributed by atoms with Gasteiger partial charge in [-0.25, -0.2) is 4.98 Å². The van der Waals surface area contributed by atoms with Crippen LogP contribution in [0, 0.1) is 6.92 Å². The van der Waals surface area contributed by atoms with Crippen molar-refractivity contribution in [3.63, 3.8) is 0 Å². The molecule has 0 saturated heterocycles. The molecule has 0 saturated carbocycles. The predicted octanol–water partition coefficient (Wildman–Crippen LogP) is 4.70. The Morgan fingerprint density at radius 1 is 1.20 bits per heavy atom. The van der Waals surface area contributed by atoms with Crippen molar-refractivity contribution in [1.29, 1.82) is 0 Å². The highest BCUT2D eigenvalue weighted by Crippen LogP contribution is 2.28. The molecule has 6 nitrogen and oxygen atoms in total. The molecule has 0 fully saturated rings. The van der Waals surface area contributed by atoms with Crippen LogP contribution in [0.4, 0.5) is 5.69 Å². The molecule has 0 aliphatic rings. The van der Waals surface area contributed by atoms with Crippen LogP contribution in [-0.2, 0) is 0 Å². The number of nitrogens with one attached hydrogen (secondary N) is 1. The Bertz CT molecular complexity index is 1050. The van der Waals surface area contributed by atoms with Crippen molar-refractivity contribution in [2.24, 2.45) is 0 Å². The summed E-state index contributed by atoms with van der Waals surface area (Å²) in [6.45, 7) is 1.76. The first-order chi connectivity index (χ1) is 12.1. The Morgan fingerprint density at radius 2 is 2.00 bits per heavy atom. The number of furan rings is 1. The minimum Gasteiger partial charge on any atom is -0.463 e. The lowest BCUT2D eigenvalue weighted by molar-refractivity contribution is 0.102. The van der Waals surface area contributed by atoms with E-state index in [0.717, 1.165) is 0 Å². The first-order valence-corrected chi connectivity index (χ1v) is 7.87. The van der Waals surface area contributed by atoms with Crippen LogP contribution in [0.1, 0.15) is 16.1 Å². The quantitative estimate of drug-likeness (QED) is 0.577. The van der Waals surface area contributed by atoms with Crippen molar-refractivity contribution in [1.82, 2.24) is 10.1 Å². The van der Waals surface area contributed by atoms with Crippen molar-refractivity contribution in [2.45, 2.75) is 6.92 Å². The number of halogens is 1. The van der Waals surface area contributed by atoms with Crippen molar-refractivity contribution >= 4 is 34.3 Å². The average molecular weight is 354 g/mol. The van der Waals surface area contributed by atoms with E-state index in [1.165, 1.54) is 0 Å². The molecule has 0 spiro atoms. The fourth-order valence-corrected chi connectivity index (χ4v) is 2.68. The summed E-state index contributed by atoms with van der Waals surface area (Å²) in [5.74, 6) is 0.241. The lowest BCUT2D eigenvalue weighted by Gasteiger charge is -2.07. The summed E-state index contributed by atoms with van der Waals surface area (Å²) in [5.41, 5.74) is 2.41. The van der Waals surface area contributed by atoms with Gasteiger partial charge in [-0.1, -0.05) is 16.8 Å². The van der Waals surface area contributed by atoms with E-state index < -0.39 is 0 Å². The number of anilines is 1. The van der Waals surface area contributed by atoms with Crippen molar-refractivity contribution in [2.75, 3.05) is 5.32 Å². The number of amides is 1. The fourth-order valence-electron chi connectivity index (χ4n) is 2.56. The van der Waals surface area contributed by atoms with Gasteiger partial charge in [0.05, 0.1) is 22.9 Å². The van der Waals surface area contributed by atoms with Gasteiger partial charge in [-0.3, -0.25) is 4.79 Å². The second-order valence-electron chi connectivity index (χ2n) is 5.44. The highest BCUT2D eigenvalue weighted by molar-refractivity contribution is 6.30. The summed E-state index contributed by atoms with van der Waals surface area (Å²) in [6.07, 6.45) is 1.54. The number of hydrogen-bond donors (Lipinski definition) is 1. The molecule has 124 valence electrons. The molecule has 0 bridgehead atoms. The van der Waals surface area contributed by atoms with Crippen molar-refractivity contribution in [3.8, 4) is 11.5 Å². The Hall–Kier alpha value is -3.12. The molecule has 3 aromatic heterocycles. The van der Waals surface area contributed by atoms with E-state index in [0.29, 0.717) is 38.8 Å². The highest BCUT2D eigenvalue weighted by atomic mass is 35.5. The number of carbonyl (C=O) groups is 1. The Kier molecular flexibility index (Phi) is 3.74. The first kappa shape index (κ1) is 15.4. The summed E-state index contributed by atoms with van der Waals surface area (Å²) in [7, 11) is 0. The molecule has 7 heteroatoms. The summed E-state index contributed by atoms with van der Waals surface area (Å²) >= 11 is 5.88. The zero-order valence-corrected chi connectivity index (χ0v) is 13.9. The summed E-state index contributed by atoms with van der Waals surface area (Å²) in [6, 6.07) is 12.0. The first-order valence-electron chi connectivity index (χ1n) is 7.49. The maximum absolute atomic E-state index is 12.8. The number of nitrogens with zero attached hydrogens (tertiary/aromatic N) is 2. The topological polar surface area (TPSA) is 81.2 Å². The maximum atomic E-state index is 12.8. The Labute approximate surface area is 147 Å².